The van der Waals surface area contributed by atoms with E-state index in [9.17, 15) is 14.3 Å². The van der Waals surface area contributed by atoms with Crippen molar-refractivity contribution in [2.45, 2.75) is 57.8 Å². The molecule has 4 rings (SSSR count). The van der Waals surface area contributed by atoms with E-state index in [1.807, 2.05) is 30.3 Å². The van der Waals surface area contributed by atoms with Crippen molar-refractivity contribution in [2.75, 3.05) is 0 Å². The number of aromatic nitrogens is 2. The van der Waals surface area contributed by atoms with Crippen LogP contribution in [0.1, 0.15) is 44.9 Å². The smallest absolute Gasteiger partial charge is 0.308 e. The summed E-state index contributed by atoms with van der Waals surface area (Å²) in [6.07, 6.45) is 0.0727. The number of hydrogen-bond acceptors (Lipinski definition) is 4. The van der Waals surface area contributed by atoms with Crippen LogP contribution >= 0.6 is 0 Å². The molecule has 1 aliphatic rings. The lowest BCUT2D eigenvalue weighted by Crippen LogP contribution is -2.33. The number of hydrogen-bond donors (Lipinski definition) is 1. The highest BCUT2D eigenvalue weighted by Gasteiger charge is 2.28. The third-order valence-corrected chi connectivity index (χ3v) is 5.59. The number of esters is 1. The third-order valence-electron chi connectivity index (χ3n) is 5.59. The zero-order valence-electron chi connectivity index (χ0n) is 17.8. The predicted molar refractivity (Wildman–Crippen MR) is 117 cm³/mol. The molecule has 0 radical (unpaired) electrons. The Morgan fingerprint density at radius 3 is 2.48 bits per heavy atom. The Morgan fingerprint density at radius 1 is 1.13 bits per heavy atom. The lowest BCUT2D eigenvalue weighted by atomic mass is 10.0. The van der Waals surface area contributed by atoms with Crippen LogP contribution in [0.3, 0.4) is 0 Å². The number of benzene rings is 2. The summed E-state index contributed by atoms with van der Waals surface area (Å²) < 4.78 is 21.2. The van der Waals surface area contributed by atoms with E-state index < -0.39 is 6.10 Å². The highest BCUT2D eigenvalue weighted by Crippen LogP contribution is 2.35. The van der Waals surface area contributed by atoms with E-state index >= 15 is 0 Å². The molecule has 162 valence electrons. The summed E-state index contributed by atoms with van der Waals surface area (Å²) in [4.78, 5) is 16.7. The summed E-state index contributed by atoms with van der Waals surface area (Å²) in [6.45, 7) is 4.75. The quantitative estimate of drug-likeness (QED) is 0.572. The summed E-state index contributed by atoms with van der Waals surface area (Å²) in [5.74, 6) is 0.433. The van der Waals surface area contributed by atoms with Crippen LogP contribution in [-0.2, 0) is 16.1 Å². The van der Waals surface area contributed by atoms with Crippen LogP contribution in [-0.4, -0.2) is 32.8 Å². The second kappa shape index (κ2) is 9.02. The summed E-state index contributed by atoms with van der Waals surface area (Å²) in [7, 11) is 0. The van der Waals surface area contributed by atoms with Gasteiger partial charge in [0.15, 0.2) is 0 Å². The Hall–Kier alpha value is -2.99. The molecule has 6 heteroatoms. The number of aliphatic hydroxyl groups is 1. The van der Waals surface area contributed by atoms with Gasteiger partial charge in [0, 0.05) is 36.4 Å². The largest absolute Gasteiger partial charge is 0.462 e. The lowest BCUT2D eigenvalue weighted by Gasteiger charge is -2.26. The van der Waals surface area contributed by atoms with Crippen LogP contribution in [0, 0.1) is 5.82 Å². The van der Waals surface area contributed by atoms with Gasteiger partial charge in [-0.3, -0.25) is 4.79 Å². The number of imidazole rings is 1. The molecule has 2 aromatic carbocycles. The summed E-state index contributed by atoms with van der Waals surface area (Å²) >= 11 is 0. The number of aliphatic hydroxyl groups excluding tert-OH is 1. The minimum absolute atomic E-state index is 0.0534. The van der Waals surface area contributed by atoms with Crippen molar-refractivity contribution in [3.8, 4) is 22.5 Å². The zero-order chi connectivity index (χ0) is 22.0. The lowest BCUT2D eigenvalue weighted by molar-refractivity contribution is -0.160. The third kappa shape index (κ3) is 4.69. The molecule has 1 aromatic heterocycles. The summed E-state index contributed by atoms with van der Waals surface area (Å²) in [6, 6.07) is 16.4. The van der Waals surface area contributed by atoms with Gasteiger partial charge in [-0.25, -0.2) is 9.37 Å². The van der Waals surface area contributed by atoms with Crippen molar-refractivity contribution in [3.63, 3.8) is 0 Å². The molecular formula is C25H27FN2O3. The standard InChI is InChI=1S/C25H27FN2O3/c1-16(2)25-27-23(17-6-4-3-5-7-17)24(18-8-10-19(26)11-9-18)28(25)13-12-21-14-20(29)15-22(30)31-21/h3-11,16,20-21,29H,12-15H2,1-2H3. The molecule has 3 aromatic rings. The first-order valence-corrected chi connectivity index (χ1v) is 10.7. The van der Waals surface area contributed by atoms with Gasteiger partial charge in [-0.1, -0.05) is 44.2 Å². The molecule has 1 saturated heterocycles. The number of halogens is 1. The molecule has 0 bridgehead atoms. The van der Waals surface area contributed by atoms with Gasteiger partial charge in [0.2, 0.25) is 0 Å². The van der Waals surface area contributed by atoms with Gasteiger partial charge >= 0.3 is 5.97 Å². The normalized spacial score (nSPS) is 18.9. The van der Waals surface area contributed by atoms with Crippen LogP contribution in [0.5, 0.6) is 0 Å². The zero-order valence-corrected chi connectivity index (χ0v) is 17.8. The first-order chi connectivity index (χ1) is 14.9. The van der Waals surface area contributed by atoms with Crippen LogP contribution in [0.25, 0.3) is 22.5 Å². The molecule has 2 atom stereocenters. The van der Waals surface area contributed by atoms with Gasteiger partial charge in [-0.05, 0) is 24.3 Å². The molecule has 2 heterocycles. The molecule has 0 aliphatic carbocycles. The van der Waals surface area contributed by atoms with Gasteiger partial charge in [-0.15, -0.1) is 0 Å². The first-order valence-electron chi connectivity index (χ1n) is 10.7. The van der Waals surface area contributed by atoms with Crippen molar-refractivity contribution in [2.24, 2.45) is 0 Å². The van der Waals surface area contributed by atoms with E-state index in [2.05, 4.69) is 18.4 Å². The SMILES string of the molecule is CC(C)c1nc(-c2ccccc2)c(-c2ccc(F)cc2)n1CCC1CC(O)CC(=O)O1. The van der Waals surface area contributed by atoms with Gasteiger partial charge in [0.1, 0.15) is 17.7 Å². The summed E-state index contributed by atoms with van der Waals surface area (Å²) in [5, 5.41) is 9.95. The van der Waals surface area contributed by atoms with Gasteiger partial charge in [0.05, 0.1) is 23.9 Å². The molecule has 0 spiro atoms. The fourth-order valence-electron chi connectivity index (χ4n) is 4.15. The van der Waals surface area contributed by atoms with Gasteiger partial charge in [0.25, 0.3) is 0 Å². The van der Waals surface area contributed by atoms with Crippen LogP contribution in [0.15, 0.2) is 54.6 Å². The molecular weight excluding hydrogens is 395 g/mol. The second-order valence-electron chi connectivity index (χ2n) is 8.34. The second-order valence-corrected chi connectivity index (χ2v) is 8.34. The number of nitrogens with zero attached hydrogens (tertiary/aromatic N) is 2. The van der Waals surface area contributed by atoms with Crippen molar-refractivity contribution >= 4 is 5.97 Å². The molecule has 0 saturated carbocycles. The van der Waals surface area contributed by atoms with Crippen molar-refractivity contribution in [1.29, 1.82) is 0 Å². The van der Waals surface area contributed by atoms with E-state index in [0.717, 1.165) is 28.3 Å². The predicted octanol–water partition coefficient (Wildman–Crippen LogP) is 4.94. The average molecular weight is 423 g/mol. The van der Waals surface area contributed by atoms with E-state index in [0.29, 0.717) is 19.4 Å². The maximum Gasteiger partial charge on any atom is 0.308 e. The van der Waals surface area contributed by atoms with Gasteiger partial charge < -0.3 is 14.4 Å². The number of ether oxygens (including phenoxy) is 1. The molecule has 2 unspecified atom stereocenters. The van der Waals surface area contributed by atoms with Crippen molar-refractivity contribution < 1.29 is 19.0 Å². The fourth-order valence-corrected chi connectivity index (χ4v) is 4.15. The fraction of sp³-hybridized carbons (Fsp3) is 0.360. The average Bonchev–Trinajstić information content (AvgIpc) is 3.12. The topological polar surface area (TPSA) is 64.3 Å². The minimum Gasteiger partial charge on any atom is -0.462 e. The molecule has 1 fully saturated rings. The Labute approximate surface area is 181 Å². The molecule has 5 nitrogen and oxygen atoms in total. The van der Waals surface area contributed by atoms with Gasteiger partial charge in [-0.2, -0.15) is 0 Å². The molecule has 0 amide bonds. The van der Waals surface area contributed by atoms with E-state index in [4.69, 9.17) is 9.72 Å². The molecule has 1 N–H and O–H groups in total. The monoisotopic (exact) mass is 422 g/mol. The Bertz CT molecular complexity index is 1040. The Kier molecular flexibility index (Phi) is 6.18. The van der Waals surface area contributed by atoms with E-state index in [-0.39, 0.29) is 30.2 Å². The summed E-state index contributed by atoms with van der Waals surface area (Å²) in [5.41, 5.74) is 3.62. The molecule has 31 heavy (non-hydrogen) atoms. The van der Waals surface area contributed by atoms with Crippen molar-refractivity contribution in [3.05, 3.63) is 66.2 Å². The van der Waals surface area contributed by atoms with E-state index in [1.54, 1.807) is 12.1 Å². The Morgan fingerprint density at radius 2 is 1.84 bits per heavy atom. The van der Waals surface area contributed by atoms with Crippen LogP contribution < -0.4 is 0 Å². The molecule has 1 aliphatic heterocycles. The van der Waals surface area contributed by atoms with E-state index in [1.165, 1.54) is 12.1 Å². The van der Waals surface area contributed by atoms with Crippen LogP contribution in [0.2, 0.25) is 0 Å². The highest BCUT2D eigenvalue weighted by atomic mass is 19.1. The number of cyclic esters (lactones) is 1. The number of carbonyl (C=O) groups excluding carboxylic acids is 1. The maximum atomic E-state index is 13.6. The van der Waals surface area contributed by atoms with Crippen LogP contribution in [0.4, 0.5) is 4.39 Å². The Balaban J connectivity index is 1.77. The number of carbonyl (C=O) groups is 1. The minimum atomic E-state index is -0.657. The highest BCUT2D eigenvalue weighted by molar-refractivity contribution is 5.79. The maximum absolute atomic E-state index is 13.6. The first kappa shape index (κ1) is 21.2. The number of rotatable bonds is 6. The van der Waals surface area contributed by atoms with Crippen molar-refractivity contribution in [1.82, 2.24) is 9.55 Å².